The normalized spacial score (nSPS) is 22.4. The minimum atomic E-state index is -1.15. The minimum absolute atomic E-state index is 0.284. The van der Waals surface area contributed by atoms with Gasteiger partial charge in [-0.1, -0.05) is 12.1 Å². The van der Waals surface area contributed by atoms with E-state index in [1.807, 2.05) is 29.2 Å². The Morgan fingerprint density at radius 2 is 2.15 bits per heavy atom. The summed E-state index contributed by atoms with van der Waals surface area (Å²) in [5.74, 6) is -0.250. The maximum absolute atomic E-state index is 11.4. The average Bonchev–Trinajstić information content (AvgIpc) is 2.92. The standard InChI is InChI=1S/C14H15N3O3/c1-20-14(13(18)19)6-7-17(9-14)12-8-15-10-4-2-3-5-11(10)16-12/h2-5,8H,6-7,9H2,1H3,(H,18,19). The molecule has 1 aliphatic rings. The van der Waals surface area contributed by atoms with E-state index in [1.54, 1.807) is 6.20 Å². The third kappa shape index (κ3) is 1.98. The van der Waals surface area contributed by atoms with Crippen LogP contribution in [0.5, 0.6) is 0 Å². The fraction of sp³-hybridized carbons (Fsp3) is 0.357. The number of rotatable bonds is 3. The van der Waals surface area contributed by atoms with E-state index >= 15 is 0 Å². The lowest BCUT2D eigenvalue weighted by molar-refractivity contribution is -0.159. The van der Waals surface area contributed by atoms with Gasteiger partial charge < -0.3 is 14.7 Å². The predicted molar refractivity (Wildman–Crippen MR) is 73.7 cm³/mol. The van der Waals surface area contributed by atoms with E-state index in [0.717, 1.165) is 11.0 Å². The fourth-order valence-electron chi connectivity index (χ4n) is 2.51. The molecule has 104 valence electrons. The van der Waals surface area contributed by atoms with Gasteiger partial charge >= 0.3 is 5.97 Å². The fourth-order valence-corrected chi connectivity index (χ4v) is 2.51. The number of carboxylic acid groups (broad SMARTS) is 1. The topological polar surface area (TPSA) is 75.6 Å². The zero-order chi connectivity index (χ0) is 14.2. The highest BCUT2D eigenvalue weighted by atomic mass is 16.5. The van der Waals surface area contributed by atoms with Gasteiger partial charge in [-0.15, -0.1) is 0 Å². The molecule has 1 unspecified atom stereocenters. The molecule has 1 saturated heterocycles. The van der Waals surface area contributed by atoms with Crippen molar-refractivity contribution in [1.82, 2.24) is 9.97 Å². The van der Waals surface area contributed by atoms with Crippen LogP contribution in [-0.2, 0) is 9.53 Å². The van der Waals surface area contributed by atoms with Gasteiger partial charge in [0.25, 0.3) is 0 Å². The van der Waals surface area contributed by atoms with Crippen LogP contribution < -0.4 is 4.90 Å². The lowest BCUT2D eigenvalue weighted by atomic mass is 10.0. The molecule has 20 heavy (non-hydrogen) atoms. The van der Waals surface area contributed by atoms with Crippen LogP contribution in [0.4, 0.5) is 5.82 Å². The molecule has 0 bridgehead atoms. The van der Waals surface area contributed by atoms with Gasteiger partial charge in [-0.05, 0) is 12.1 Å². The lowest BCUT2D eigenvalue weighted by Gasteiger charge is -2.23. The molecule has 0 amide bonds. The predicted octanol–water partition coefficient (Wildman–Crippen LogP) is 1.31. The summed E-state index contributed by atoms with van der Waals surface area (Å²) in [7, 11) is 1.43. The summed E-state index contributed by atoms with van der Waals surface area (Å²) in [5.41, 5.74) is 0.481. The largest absolute Gasteiger partial charge is 0.479 e. The summed E-state index contributed by atoms with van der Waals surface area (Å²) in [4.78, 5) is 22.1. The number of benzene rings is 1. The van der Waals surface area contributed by atoms with Crippen LogP contribution in [0.3, 0.4) is 0 Å². The summed E-state index contributed by atoms with van der Waals surface area (Å²) >= 11 is 0. The first-order valence-electron chi connectivity index (χ1n) is 6.40. The molecule has 3 rings (SSSR count). The monoisotopic (exact) mass is 273 g/mol. The number of hydrogen-bond donors (Lipinski definition) is 1. The van der Waals surface area contributed by atoms with E-state index in [-0.39, 0.29) is 6.54 Å². The second kappa shape index (κ2) is 4.72. The molecule has 0 radical (unpaired) electrons. The quantitative estimate of drug-likeness (QED) is 0.908. The summed E-state index contributed by atoms with van der Waals surface area (Å²) < 4.78 is 5.21. The van der Waals surface area contributed by atoms with Crippen LogP contribution in [0.15, 0.2) is 30.5 Å². The van der Waals surface area contributed by atoms with Crippen molar-refractivity contribution in [2.75, 3.05) is 25.1 Å². The Balaban J connectivity index is 1.91. The van der Waals surface area contributed by atoms with Gasteiger partial charge in [0.05, 0.1) is 23.8 Å². The average molecular weight is 273 g/mol. The molecule has 2 aromatic rings. The molecule has 6 heteroatoms. The highest BCUT2D eigenvalue weighted by Gasteiger charge is 2.45. The van der Waals surface area contributed by atoms with Crippen LogP contribution in [0.2, 0.25) is 0 Å². The molecule has 1 atom stereocenters. The first-order chi connectivity index (χ1) is 9.64. The summed E-state index contributed by atoms with van der Waals surface area (Å²) in [6.07, 6.45) is 2.11. The Hall–Kier alpha value is -2.21. The Morgan fingerprint density at radius 1 is 1.40 bits per heavy atom. The van der Waals surface area contributed by atoms with Crippen molar-refractivity contribution in [1.29, 1.82) is 0 Å². The molecule has 1 aliphatic heterocycles. The van der Waals surface area contributed by atoms with Crippen molar-refractivity contribution in [2.24, 2.45) is 0 Å². The number of carbonyl (C=O) groups is 1. The van der Waals surface area contributed by atoms with E-state index in [2.05, 4.69) is 9.97 Å². The molecule has 1 aromatic heterocycles. The number of para-hydroxylation sites is 2. The molecular formula is C14H15N3O3. The number of nitrogens with zero attached hydrogens (tertiary/aromatic N) is 3. The van der Waals surface area contributed by atoms with E-state index in [0.29, 0.717) is 18.8 Å². The second-order valence-electron chi connectivity index (χ2n) is 4.89. The molecule has 0 aliphatic carbocycles. The van der Waals surface area contributed by atoms with Crippen molar-refractivity contribution in [3.63, 3.8) is 0 Å². The van der Waals surface area contributed by atoms with E-state index in [1.165, 1.54) is 7.11 Å². The van der Waals surface area contributed by atoms with Crippen LogP contribution in [-0.4, -0.2) is 46.8 Å². The molecule has 1 N–H and O–H groups in total. The van der Waals surface area contributed by atoms with E-state index in [9.17, 15) is 9.90 Å². The third-order valence-corrected chi connectivity index (χ3v) is 3.77. The maximum Gasteiger partial charge on any atom is 0.337 e. The van der Waals surface area contributed by atoms with Gasteiger partial charge in [0.1, 0.15) is 5.82 Å². The van der Waals surface area contributed by atoms with Gasteiger partial charge in [0.2, 0.25) is 0 Å². The number of methoxy groups -OCH3 is 1. The smallest absolute Gasteiger partial charge is 0.337 e. The minimum Gasteiger partial charge on any atom is -0.479 e. The number of aliphatic carboxylic acids is 1. The van der Waals surface area contributed by atoms with Crippen LogP contribution in [0.1, 0.15) is 6.42 Å². The number of aromatic nitrogens is 2. The van der Waals surface area contributed by atoms with Gasteiger partial charge in [-0.25, -0.2) is 9.78 Å². The van der Waals surface area contributed by atoms with E-state index < -0.39 is 11.6 Å². The van der Waals surface area contributed by atoms with Crippen molar-refractivity contribution in [3.8, 4) is 0 Å². The summed E-state index contributed by atoms with van der Waals surface area (Å²) in [5, 5.41) is 9.31. The van der Waals surface area contributed by atoms with Crippen molar-refractivity contribution in [3.05, 3.63) is 30.5 Å². The van der Waals surface area contributed by atoms with Crippen molar-refractivity contribution < 1.29 is 14.6 Å². The number of fused-ring (bicyclic) bond motifs is 1. The molecule has 1 aromatic carbocycles. The molecule has 0 spiro atoms. The number of hydrogen-bond acceptors (Lipinski definition) is 5. The third-order valence-electron chi connectivity index (χ3n) is 3.77. The number of carboxylic acids is 1. The highest BCUT2D eigenvalue weighted by molar-refractivity contribution is 5.80. The zero-order valence-corrected chi connectivity index (χ0v) is 11.1. The first kappa shape index (κ1) is 12.8. The van der Waals surface area contributed by atoms with Crippen molar-refractivity contribution in [2.45, 2.75) is 12.0 Å². The van der Waals surface area contributed by atoms with Gasteiger partial charge in [0.15, 0.2) is 5.60 Å². The van der Waals surface area contributed by atoms with Crippen LogP contribution in [0.25, 0.3) is 11.0 Å². The zero-order valence-electron chi connectivity index (χ0n) is 11.1. The molecule has 0 saturated carbocycles. The van der Waals surface area contributed by atoms with Crippen LogP contribution in [0, 0.1) is 0 Å². The van der Waals surface area contributed by atoms with E-state index in [4.69, 9.17) is 4.74 Å². The van der Waals surface area contributed by atoms with Crippen LogP contribution >= 0.6 is 0 Å². The maximum atomic E-state index is 11.4. The highest BCUT2D eigenvalue weighted by Crippen LogP contribution is 2.28. The molecular weight excluding hydrogens is 258 g/mol. The Morgan fingerprint density at radius 3 is 2.80 bits per heavy atom. The van der Waals surface area contributed by atoms with Gasteiger partial charge in [-0.2, -0.15) is 0 Å². The lowest BCUT2D eigenvalue weighted by Crippen LogP contribution is -2.43. The number of anilines is 1. The second-order valence-corrected chi connectivity index (χ2v) is 4.89. The molecule has 2 heterocycles. The Kier molecular flexibility index (Phi) is 3.02. The SMILES string of the molecule is COC1(C(=O)O)CCN(c2cnc3ccccc3n2)C1. The van der Waals surface area contributed by atoms with Gasteiger partial charge in [-0.3, -0.25) is 4.98 Å². The Labute approximate surface area is 116 Å². The van der Waals surface area contributed by atoms with Gasteiger partial charge in [0, 0.05) is 20.1 Å². The molecule has 1 fully saturated rings. The Bertz CT molecular complexity index is 661. The van der Waals surface area contributed by atoms with Crippen molar-refractivity contribution >= 4 is 22.8 Å². The summed E-state index contributed by atoms with van der Waals surface area (Å²) in [6.45, 7) is 0.874. The number of ether oxygens (including phenoxy) is 1. The molecule has 6 nitrogen and oxygen atoms in total. The summed E-state index contributed by atoms with van der Waals surface area (Å²) in [6, 6.07) is 7.60. The first-order valence-corrected chi connectivity index (χ1v) is 6.40.